The number of rotatable bonds is 5. The first-order chi connectivity index (χ1) is 9.70. The second-order valence-corrected chi connectivity index (χ2v) is 3.86. The lowest BCUT2D eigenvalue weighted by molar-refractivity contribution is -0.142. The minimum Gasteiger partial charge on any atom is -0.494 e. The van der Waals surface area contributed by atoms with Crippen LogP contribution in [0.4, 0.5) is 22.0 Å². The van der Waals surface area contributed by atoms with Gasteiger partial charge >= 0.3 is 12.1 Å². The number of alkyl halides is 5. The average Bonchev–Trinajstić information content (AvgIpc) is 2.36. The van der Waals surface area contributed by atoms with Gasteiger partial charge in [-0.2, -0.15) is 13.2 Å². The highest BCUT2D eigenvalue weighted by Crippen LogP contribution is 2.37. The average molecular weight is 313 g/mol. The van der Waals surface area contributed by atoms with Crippen LogP contribution in [0.5, 0.6) is 5.75 Å². The molecule has 0 unspecified atom stereocenters. The Morgan fingerprint density at radius 3 is 2.43 bits per heavy atom. The van der Waals surface area contributed by atoms with Gasteiger partial charge in [-0.3, -0.25) is 4.79 Å². The van der Waals surface area contributed by atoms with E-state index in [2.05, 4.69) is 14.5 Å². The molecule has 0 aliphatic rings. The Morgan fingerprint density at radius 2 is 2.00 bits per heavy atom. The minimum absolute atomic E-state index is 0.0219. The minimum atomic E-state index is -4.95. The summed E-state index contributed by atoms with van der Waals surface area (Å²) in [5, 5.41) is 0. The molecule has 21 heavy (non-hydrogen) atoms. The van der Waals surface area contributed by atoms with Crippen molar-refractivity contribution in [3.05, 3.63) is 23.0 Å². The third-order valence-electron chi connectivity index (χ3n) is 2.44. The highest BCUT2D eigenvalue weighted by molar-refractivity contribution is 5.73. The molecular formula is C12H12F5NO3. The van der Waals surface area contributed by atoms with E-state index in [1.807, 2.05) is 0 Å². The van der Waals surface area contributed by atoms with Gasteiger partial charge in [0.05, 0.1) is 20.1 Å². The van der Waals surface area contributed by atoms with Crippen LogP contribution in [0.3, 0.4) is 0 Å². The highest BCUT2D eigenvalue weighted by Gasteiger charge is 2.38. The summed E-state index contributed by atoms with van der Waals surface area (Å²) in [5.74, 6) is -1.57. The SMILES string of the molecule is CCOC(=O)Cc1cc(OC)c(C(F)(F)F)nc1C(F)F. The Bertz CT molecular complexity index is 516. The number of hydrogen-bond acceptors (Lipinski definition) is 4. The molecule has 0 bridgehead atoms. The van der Waals surface area contributed by atoms with E-state index < -0.39 is 42.1 Å². The highest BCUT2D eigenvalue weighted by atomic mass is 19.4. The smallest absolute Gasteiger partial charge is 0.437 e. The third kappa shape index (κ3) is 4.27. The van der Waals surface area contributed by atoms with Crippen molar-refractivity contribution in [3.8, 4) is 5.75 Å². The van der Waals surface area contributed by atoms with Gasteiger partial charge in [0.1, 0.15) is 11.4 Å². The van der Waals surface area contributed by atoms with E-state index in [1.165, 1.54) is 6.92 Å². The molecule has 0 radical (unpaired) electrons. The molecule has 0 saturated heterocycles. The largest absolute Gasteiger partial charge is 0.494 e. The molecule has 1 heterocycles. The maximum atomic E-state index is 12.8. The van der Waals surface area contributed by atoms with Crippen LogP contribution in [-0.2, 0) is 22.1 Å². The lowest BCUT2D eigenvalue weighted by atomic mass is 10.1. The normalized spacial score (nSPS) is 11.6. The van der Waals surface area contributed by atoms with E-state index in [9.17, 15) is 26.7 Å². The third-order valence-corrected chi connectivity index (χ3v) is 2.44. The molecule has 0 saturated carbocycles. The fourth-order valence-corrected chi connectivity index (χ4v) is 1.60. The van der Waals surface area contributed by atoms with Crippen LogP contribution < -0.4 is 4.74 Å². The zero-order valence-corrected chi connectivity index (χ0v) is 11.1. The van der Waals surface area contributed by atoms with Crippen LogP contribution in [0.15, 0.2) is 6.07 Å². The Balaban J connectivity index is 3.33. The number of carbonyl (C=O) groups is 1. The first-order valence-electron chi connectivity index (χ1n) is 5.79. The zero-order valence-electron chi connectivity index (χ0n) is 11.1. The van der Waals surface area contributed by atoms with Gasteiger partial charge in [0.2, 0.25) is 0 Å². The van der Waals surface area contributed by atoms with Crippen LogP contribution in [0.1, 0.15) is 30.3 Å². The summed E-state index contributed by atoms with van der Waals surface area (Å²) in [6.07, 6.45) is -8.83. The van der Waals surface area contributed by atoms with E-state index in [1.54, 1.807) is 0 Å². The number of nitrogens with zero attached hydrogens (tertiary/aromatic N) is 1. The Morgan fingerprint density at radius 1 is 1.38 bits per heavy atom. The first-order valence-corrected chi connectivity index (χ1v) is 5.79. The number of pyridine rings is 1. The fourth-order valence-electron chi connectivity index (χ4n) is 1.60. The van der Waals surface area contributed by atoms with E-state index in [0.717, 1.165) is 13.2 Å². The molecule has 0 aromatic carbocycles. The van der Waals surface area contributed by atoms with Crippen LogP contribution in [-0.4, -0.2) is 24.7 Å². The molecule has 0 fully saturated rings. The van der Waals surface area contributed by atoms with Crippen molar-refractivity contribution in [2.45, 2.75) is 25.9 Å². The molecule has 1 rings (SSSR count). The Kier molecular flexibility index (Phi) is 5.45. The van der Waals surface area contributed by atoms with Gasteiger partial charge in [0, 0.05) is 0 Å². The van der Waals surface area contributed by atoms with E-state index >= 15 is 0 Å². The summed E-state index contributed by atoms with van der Waals surface area (Å²) in [5.41, 5.74) is -3.04. The maximum absolute atomic E-state index is 12.8. The van der Waals surface area contributed by atoms with Gasteiger partial charge in [-0.25, -0.2) is 13.8 Å². The maximum Gasteiger partial charge on any atom is 0.437 e. The molecular weight excluding hydrogens is 301 g/mol. The first kappa shape index (κ1) is 17.1. The van der Waals surface area contributed by atoms with E-state index in [-0.39, 0.29) is 12.2 Å². The summed E-state index contributed by atoms with van der Waals surface area (Å²) in [4.78, 5) is 14.2. The molecule has 1 aromatic rings. The Hall–Kier alpha value is -1.93. The van der Waals surface area contributed by atoms with Crippen molar-refractivity contribution in [2.24, 2.45) is 0 Å². The van der Waals surface area contributed by atoms with Gasteiger partial charge in [0.25, 0.3) is 6.43 Å². The lowest BCUT2D eigenvalue weighted by Gasteiger charge is -2.15. The van der Waals surface area contributed by atoms with Crippen molar-refractivity contribution in [1.82, 2.24) is 4.98 Å². The fraction of sp³-hybridized carbons (Fsp3) is 0.500. The summed E-state index contributed by atoms with van der Waals surface area (Å²) in [6, 6.07) is 0.730. The monoisotopic (exact) mass is 313 g/mol. The van der Waals surface area contributed by atoms with Crippen LogP contribution in [0, 0.1) is 0 Å². The predicted octanol–water partition coefficient (Wildman–Crippen LogP) is 3.15. The van der Waals surface area contributed by atoms with Crippen molar-refractivity contribution < 1.29 is 36.2 Å². The number of halogens is 5. The van der Waals surface area contributed by atoms with Crippen molar-refractivity contribution in [2.75, 3.05) is 13.7 Å². The predicted molar refractivity (Wildman–Crippen MR) is 61.1 cm³/mol. The standard InChI is InChI=1S/C12H12F5NO3/c1-3-21-8(19)5-6-4-7(20-2)10(12(15,16)17)18-9(6)11(13)14/h4,11H,3,5H2,1-2H3. The van der Waals surface area contributed by atoms with Gasteiger partial charge in [-0.1, -0.05) is 0 Å². The second-order valence-electron chi connectivity index (χ2n) is 3.86. The summed E-state index contributed by atoms with van der Waals surface area (Å²) < 4.78 is 72.9. The molecule has 0 aliphatic heterocycles. The molecule has 9 heteroatoms. The molecule has 1 aromatic heterocycles. The number of methoxy groups -OCH3 is 1. The summed E-state index contributed by atoms with van der Waals surface area (Å²) in [6.45, 7) is 1.53. The van der Waals surface area contributed by atoms with Crippen molar-refractivity contribution in [3.63, 3.8) is 0 Å². The zero-order chi connectivity index (χ0) is 16.2. The number of aromatic nitrogens is 1. The number of ether oxygens (including phenoxy) is 2. The molecule has 0 aliphatic carbocycles. The number of esters is 1. The second kappa shape index (κ2) is 6.68. The van der Waals surface area contributed by atoms with Gasteiger partial charge in [-0.15, -0.1) is 0 Å². The van der Waals surface area contributed by atoms with Gasteiger partial charge < -0.3 is 9.47 Å². The van der Waals surface area contributed by atoms with Crippen LogP contribution >= 0.6 is 0 Å². The quantitative estimate of drug-likeness (QED) is 0.619. The van der Waals surface area contributed by atoms with Crippen molar-refractivity contribution in [1.29, 1.82) is 0 Å². The molecule has 118 valence electrons. The molecule has 4 nitrogen and oxygen atoms in total. The van der Waals surface area contributed by atoms with Crippen LogP contribution in [0.2, 0.25) is 0 Å². The topological polar surface area (TPSA) is 48.4 Å². The van der Waals surface area contributed by atoms with Gasteiger partial charge in [0.15, 0.2) is 5.69 Å². The summed E-state index contributed by atoms with van der Waals surface area (Å²) >= 11 is 0. The van der Waals surface area contributed by atoms with Crippen LogP contribution in [0.25, 0.3) is 0 Å². The van der Waals surface area contributed by atoms with E-state index in [4.69, 9.17) is 0 Å². The molecule has 0 amide bonds. The van der Waals surface area contributed by atoms with Crippen molar-refractivity contribution >= 4 is 5.97 Å². The molecule has 0 atom stereocenters. The summed E-state index contributed by atoms with van der Waals surface area (Å²) in [7, 11) is 0.947. The molecule has 0 N–H and O–H groups in total. The molecule has 0 spiro atoms. The Labute approximate surface area is 116 Å². The number of carbonyl (C=O) groups excluding carboxylic acids is 1. The lowest BCUT2D eigenvalue weighted by Crippen LogP contribution is -2.16. The number of hydrogen-bond donors (Lipinski definition) is 0. The van der Waals surface area contributed by atoms with Gasteiger partial charge in [-0.05, 0) is 18.6 Å². The van der Waals surface area contributed by atoms with E-state index in [0.29, 0.717) is 0 Å².